The number of hydrogen-bond acceptors (Lipinski definition) is 5. The van der Waals surface area contributed by atoms with Gasteiger partial charge in [0.25, 0.3) is 0 Å². The molecule has 1 N–H and O–H groups in total. The van der Waals surface area contributed by atoms with E-state index in [1.165, 1.54) is 11.3 Å². The van der Waals surface area contributed by atoms with Crippen molar-refractivity contribution in [1.82, 2.24) is 10.2 Å². The number of para-hydroxylation sites is 1. The summed E-state index contributed by atoms with van der Waals surface area (Å²) < 4.78 is 5.28. The summed E-state index contributed by atoms with van der Waals surface area (Å²) >= 11 is 1.42. The van der Waals surface area contributed by atoms with Gasteiger partial charge in [-0.3, -0.25) is 4.79 Å². The Balaban J connectivity index is 1.92. The summed E-state index contributed by atoms with van der Waals surface area (Å²) in [6.45, 7) is 6.21. The van der Waals surface area contributed by atoms with Gasteiger partial charge < -0.3 is 10.1 Å². The summed E-state index contributed by atoms with van der Waals surface area (Å²) in [6, 6.07) is 7.72. The third-order valence-electron chi connectivity index (χ3n) is 3.13. The molecule has 0 aliphatic heterocycles. The summed E-state index contributed by atoms with van der Waals surface area (Å²) in [7, 11) is 1.63. The first kappa shape index (κ1) is 16.4. The number of amides is 1. The van der Waals surface area contributed by atoms with Crippen molar-refractivity contribution >= 4 is 22.4 Å². The number of carbonyl (C=O) groups is 1. The molecule has 2 rings (SSSR count). The molecule has 0 saturated heterocycles. The van der Waals surface area contributed by atoms with Gasteiger partial charge in [0.2, 0.25) is 11.0 Å². The monoisotopic (exact) mass is 319 g/mol. The zero-order chi connectivity index (χ0) is 16.2. The third kappa shape index (κ3) is 4.27. The molecule has 1 heterocycles. The van der Waals surface area contributed by atoms with Crippen molar-refractivity contribution in [3.8, 4) is 5.75 Å². The molecule has 0 spiro atoms. The smallest absolute Gasteiger partial charge is 0.226 e. The Bertz CT molecular complexity index is 647. The Morgan fingerprint density at radius 1 is 1.27 bits per heavy atom. The molecule has 0 aliphatic rings. The van der Waals surface area contributed by atoms with Gasteiger partial charge in [0.05, 0.1) is 7.11 Å². The van der Waals surface area contributed by atoms with Crippen LogP contribution in [0.4, 0.5) is 5.13 Å². The normalized spacial score (nSPS) is 11.3. The summed E-state index contributed by atoms with van der Waals surface area (Å²) in [6.07, 6.45) is 1.01. The molecular formula is C16H21N3O2S. The van der Waals surface area contributed by atoms with Crippen molar-refractivity contribution in [1.29, 1.82) is 0 Å². The Kier molecular flexibility index (Phi) is 5.13. The topological polar surface area (TPSA) is 64.1 Å². The molecule has 1 aromatic carbocycles. The van der Waals surface area contributed by atoms with Crippen LogP contribution in [0.1, 0.15) is 37.8 Å². The van der Waals surface area contributed by atoms with E-state index in [-0.39, 0.29) is 11.3 Å². The van der Waals surface area contributed by atoms with Crippen molar-refractivity contribution in [2.45, 2.75) is 39.0 Å². The number of anilines is 1. The number of nitrogens with one attached hydrogen (secondary N) is 1. The lowest BCUT2D eigenvalue weighted by Crippen LogP contribution is -2.12. The molecule has 6 heteroatoms. The fourth-order valence-corrected chi connectivity index (χ4v) is 2.73. The van der Waals surface area contributed by atoms with E-state index in [9.17, 15) is 4.79 Å². The number of benzene rings is 1. The number of rotatable bonds is 5. The number of ether oxygens (including phenoxy) is 1. The van der Waals surface area contributed by atoms with E-state index in [1.807, 2.05) is 24.3 Å². The third-order valence-corrected chi connectivity index (χ3v) is 4.39. The number of hydrogen-bond donors (Lipinski definition) is 1. The first-order valence-electron chi connectivity index (χ1n) is 7.16. The highest BCUT2D eigenvalue weighted by Gasteiger charge is 2.20. The van der Waals surface area contributed by atoms with Crippen LogP contribution in [0.5, 0.6) is 5.75 Å². The Hall–Kier alpha value is -1.95. The minimum Gasteiger partial charge on any atom is -0.496 e. The fourth-order valence-electron chi connectivity index (χ4n) is 1.92. The van der Waals surface area contributed by atoms with Gasteiger partial charge >= 0.3 is 0 Å². The van der Waals surface area contributed by atoms with Crippen molar-refractivity contribution in [2.75, 3.05) is 12.4 Å². The van der Waals surface area contributed by atoms with Crippen LogP contribution in [-0.4, -0.2) is 23.2 Å². The van der Waals surface area contributed by atoms with Gasteiger partial charge in [-0.15, -0.1) is 10.2 Å². The second-order valence-electron chi connectivity index (χ2n) is 6.02. The maximum Gasteiger partial charge on any atom is 0.226 e. The Labute approximate surface area is 134 Å². The van der Waals surface area contributed by atoms with Gasteiger partial charge in [-0.2, -0.15) is 0 Å². The maximum absolute atomic E-state index is 12.0. The van der Waals surface area contributed by atoms with Gasteiger partial charge in [-0.1, -0.05) is 50.3 Å². The predicted octanol–water partition coefficient (Wildman–Crippen LogP) is 3.42. The van der Waals surface area contributed by atoms with Crippen molar-refractivity contribution in [3.05, 3.63) is 34.8 Å². The minimum atomic E-state index is -0.0671. The largest absolute Gasteiger partial charge is 0.496 e. The number of aromatic nitrogens is 2. The highest BCUT2D eigenvalue weighted by Crippen LogP contribution is 2.27. The molecule has 118 valence electrons. The van der Waals surface area contributed by atoms with Gasteiger partial charge in [-0.25, -0.2) is 0 Å². The second-order valence-corrected chi connectivity index (χ2v) is 7.00. The van der Waals surface area contributed by atoms with E-state index in [0.29, 0.717) is 18.0 Å². The molecular weight excluding hydrogens is 298 g/mol. The van der Waals surface area contributed by atoms with E-state index in [0.717, 1.165) is 16.3 Å². The SMILES string of the molecule is COc1ccccc1CCC(=O)Nc1nnc(C(C)(C)C)s1. The zero-order valence-electron chi connectivity index (χ0n) is 13.3. The van der Waals surface area contributed by atoms with Crippen LogP contribution in [0.2, 0.25) is 0 Å². The highest BCUT2D eigenvalue weighted by atomic mass is 32.1. The molecule has 0 saturated carbocycles. The molecule has 2 aromatic rings. The molecule has 1 aromatic heterocycles. The molecule has 0 unspecified atom stereocenters. The van der Waals surface area contributed by atoms with E-state index < -0.39 is 0 Å². The van der Waals surface area contributed by atoms with Crippen LogP contribution in [0.25, 0.3) is 0 Å². The predicted molar refractivity (Wildman–Crippen MR) is 88.6 cm³/mol. The fraction of sp³-hybridized carbons (Fsp3) is 0.438. The van der Waals surface area contributed by atoms with Crippen LogP contribution in [0.3, 0.4) is 0 Å². The van der Waals surface area contributed by atoms with E-state index in [4.69, 9.17) is 4.74 Å². The lowest BCUT2D eigenvalue weighted by Gasteiger charge is -2.12. The lowest BCUT2D eigenvalue weighted by atomic mass is 9.98. The first-order valence-corrected chi connectivity index (χ1v) is 7.97. The lowest BCUT2D eigenvalue weighted by molar-refractivity contribution is -0.116. The molecule has 0 atom stereocenters. The van der Waals surface area contributed by atoms with E-state index >= 15 is 0 Å². The molecule has 0 bridgehead atoms. The molecule has 5 nitrogen and oxygen atoms in total. The van der Waals surface area contributed by atoms with Crippen molar-refractivity contribution < 1.29 is 9.53 Å². The van der Waals surface area contributed by atoms with Gasteiger partial charge in [0.1, 0.15) is 10.8 Å². The Morgan fingerprint density at radius 3 is 2.64 bits per heavy atom. The molecule has 0 radical (unpaired) electrons. The summed E-state index contributed by atoms with van der Waals surface area (Å²) in [5, 5.41) is 12.4. The summed E-state index contributed by atoms with van der Waals surface area (Å²) in [4.78, 5) is 12.0. The highest BCUT2D eigenvalue weighted by molar-refractivity contribution is 7.15. The second kappa shape index (κ2) is 6.87. The number of methoxy groups -OCH3 is 1. The van der Waals surface area contributed by atoms with Crippen LogP contribution >= 0.6 is 11.3 Å². The molecule has 0 aliphatic carbocycles. The van der Waals surface area contributed by atoms with Crippen molar-refractivity contribution in [2.24, 2.45) is 0 Å². The molecule has 0 fully saturated rings. The number of carbonyl (C=O) groups excluding carboxylic acids is 1. The first-order chi connectivity index (χ1) is 10.4. The number of nitrogens with zero attached hydrogens (tertiary/aromatic N) is 2. The summed E-state index contributed by atoms with van der Waals surface area (Å²) in [5.74, 6) is 0.740. The van der Waals surface area contributed by atoms with E-state index in [2.05, 4.69) is 36.3 Å². The van der Waals surface area contributed by atoms with Crippen molar-refractivity contribution in [3.63, 3.8) is 0 Å². The quantitative estimate of drug-likeness (QED) is 0.917. The maximum atomic E-state index is 12.0. The standard InChI is InChI=1S/C16H21N3O2S/c1-16(2,3)14-18-19-15(22-14)17-13(20)10-9-11-7-5-6-8-12(11)21-4/h5-8H,9-10H2,1-4H3,(H,17,19,20). The number of aryl methyl sites for hydroxylation is 1. The van der Waals surface area contributed by atoms with Crippen LogP contribution in [-0.2, 0) is 16.6 Å². The van der Waals surface area contributed by atoms with E-state index in [1.54, 1.807) is 7.11 Å². The van der Waals surface area contributed by atoms with Crippen LogP contribution in [0.15, 0.2) is 24.3 Å². The van der Waals surface area contributed by atoms with Crippen LogP contribution < -0.4 is 10.1 Å². The molecule has 1 amide bonds. The summed E-state index contributed by atoms with van der Waals surface area (Å²) in [5.41, 5.74) is 0.964. The van der Waals surface area contributed by atoms with Gasteiger partial charge in [0, 0.05) is 11.8 Å². The Morgan fingerprint density at radius 2 is 2.00 bits per heavy atom. The average molecular weight is 319 g/mol. The van der Waals surface area contributed by atoms with Gasteiger partial charge in [-0.05, 0) is 18.1 Å². The van der Waals surface area contributed by atoms with Crippen LogP contribution in [0, 0.1) is 0 Å². The zero-order valence-corrected chi connectivity index (χ0v) is 14.2. The van der Waals surface area contributed by atoms with Gasteiger partial charge in [0.15, 0.2) is 0 Å². The molecule has 22 heavy (non-hydrogen) atoms. The average Bonchev–Trinajstić information content (AvgIpc) is 2.94. The minimum absolute atomic E-state index is 0.0575.